The molecule has 1 aliphatic heterocycles. The molecule has 0 spiro atoms. The van der Waals surface area contributed by atoms with Gasteiger partial charge in [-0.3, -0.25) is 14.5 Å². The quantitative estimate of drug-likeness (QED) is 0.574. The van der Waals surface area contributed by atoms with Crippen LogP contribution >= 0.6 is 0 Å². The van der Waals surface area contributed by atoms with Crippen molar-refractivity contribution in [2.75, 3.05) is 6.54 Å². The average molecular weight is 423 g/mol. The number of carbonyl (C=O) groups is 3. The number of nitrogens with zero attached hydrogens (tertiary/aromatic N) is 1. The van der Waals surface area contributed by atoms with E-state index >= 15 is 0 Å². The number of rotatable bonds is 5. The molecule has 0 radical (unpaired) electrons. The van der Waals surface area contributed by atoms with E-state index in [-0.39, 0.29) is 12.1 Å². The standard InChI is InChI=1S/C20H17F4N3O3/c1-19(13-7-3-4-8-14(13)20(22,23)24)17(29)27(18(30)26-19)11-16(28)25-10-12-6-2-5-9-15(12)21/h2-9H,10-11H2,1H3,(H,25,28)(H,26,30)/t19-/m1/s1. The third kappa shape index (κ3) is 3.98. The van der Waals surface area contributed by atoms with E-state index in [4.69, 9.17) is 0 Å². The molecule has 0 saturated carbocycles. The van der Waals surface area contributed by atoms with Gasteiger partial charge in [0.15, 0.2) is 0 Å². The Bertz CT molecular complexity index is 1010. The van der Waals surface area contributed by atoms with Gasteiger partial charge in [0.1, 0.15) is 17.9 Å². The molecule has 30 heavy (non-hydrogen) atoms. The van der Waals surface area contributed by atoms with E-state index in [1.54, 1.807) is 6.07 Å². The zero-order valence-electron chi connectivity index (χ0n) is 15.7. The van der Waals surface area contributed by atoms with Gasteiger partial charge in [-0.05, 0) is 24.6 Å². The van der Waals surface area contributed by atoms with E-state index in [1.165, 1.54) is 30.3 Å². The lowest BCUT2D eigenvalue weighted by molar-refractivity contribution is -0.140. The van der Waals surface area contributed by atoms with Gasteiger partial charge < -0.3 is 10.6 Å². The number of urea groups is 1. The highest BCUT2D eigenvalue weighted by molar-refractivity contribution is 6.09. The Morgan fingerprint density at radius 3 is 2.40 bits per heavy atom. The van der Waals surface area contributed by atoms with Crippen LogP contribution in [-0.2, 0) is 27.8 Å². The first-order valence-electron chi connectivity index (χ1n) is 8.85. The number of hydrogen-bond acceptors (Lipinski definition) is 3. The third-order valence-corrected chi connectivity index (χ3v) is 4.78. The van der Waals surface area contributed by atoms with Crippen molar-refractivity contribution in [1.29, 1.82) is 0 Å². The van der Waals surface area contributed by atoms with Crippen LogP contribution in [0.25, 0.3) is 0 Å². The number of carbonyl (C=O) groups excluding carboxylic acids is 3. The molecule has 2 N–H and O–H groups in total. The largest absolute Gasteiger partial charge is 0.416 e. The molecule has 0 bridgehead atoms. The van der Waals surface area contributed by atoms with Crippen LogP contribution in [0.2, 0.25) is 0 Å². The van der Waals surface area contributed by atoms with Gasteiger partial charge in [-0.1, -0.05) is 36.4 Å². The van der Waals surface area contributed by atoms with Crippen molar-refractivity contribution in [3.05, 3.63) is 71.0 Å². The molecular formula is C20H17F4N3O3. The summed E-state index contributed by atoms with van der Waals surface area (Å²) in [5, 5.41) is 4.62. The van der Waals surface area contributed by atoms with Crippen LogP contribution in [0.4, 0.5) is 22.4 Å². The molecule has 3 rings (SSSR count). The van der Waals surface area contributed by atoms with Gasteiger partial charge in [0.05, 0.1) is 5.56 Å². The highest BCUT2D eigenvalue weighted by Crippen LogP contribution is 2.39. The maximum Gasteiger partial charge on any atom is 0.416 e. The minimum Gasteiger partial charge on any atom is -0.350 e. The molecule has 6 nitrogen and oxygen atoms in total. The lowest BCUT2D eigenvalue weighted by Gasteiger charge is -2.25. The molecule has 1 saturated heterocycles. The van der Waals surface area contributed by atoms with Crippen molar-refractivity contribution in [3.63, 3.8) is 0 Å². The smallest absolute Gasteiger partial charge is 0.350 e. The van der Waals surface area contributed by atoms with Crippen molar-refractivity contribution in [2.45, 2.75) is 25.2 Å². The van der Waals surface area contributed by atoms with Crippen LogP contribution in [0.5, 0.6) is 0 Å². The van der Waals surface area contributed by atoms with E-state index in [2.05, 4.69) is 10.6 Å². The Kier molecular flexibility index (Phi) is 5.51. The van der Waals surface area contributed by atoms with Gasteiger partial charge in [-0.2, -0.15) is 13.2 Å². The van der Waals surface area contributed by atoms with Gasteiger partial charge in [-0.15, -0.1) is 0 Å². The summed E-state index contributed by atoms with van der Waals surface area (Å²) in [6.07, 6.45) is -4.74. The molecule has 158 valence electrons. The second-order valence-electron chi connectivity index (χ2n) is 6.86. The first-order chi connectivity index (χ1) is 14.0. The van der Waals surface area contributed by atoms with Gasteiger partial charge in [-0.25, -0.2) is 9.18 Å². The normalized spacial score (nSPS) is 19.0. The van der Waals surface area contributed by atoms with Crippen LogP contribution in [0.1, 0.15) is 23.6 Å². The molecule has 1 aliphatic rings. The molecule has 2 aromatic carbocycles. The van der Waals surface area contributed by atoms with Crippen molar-refractivity contribution in [3.8, 4) is 0 Å². The summed E-state index contributed by atoms with van der Waals surface area (Å²) in [6, 6.07) is 9.12. The summed E-state index contributed by atoms with van der Waals surface area (Å²) in [5.74, 6) is -2.30. The summed E-state index contributed by atoms with van der Waals surface area (Å²) in [6.45, 7) is 0.251. The minimum absolute atomic E-state index is 0.177. The minimum atomic E-state index is -4.74. The summed E-state index contributed by atoms with van der Waals surface area (Å²) in [4.78, 5) is 37.8. The van der Waals surface area contributed by atoms with Gasteiger partial charge in [0, 0.05) is 12.1 Å². The van der Waals surface area contributed by atoms with Crippen molar-refractivity contribution < 1.29 is 31.9 Å². The summed E-state index contributed by atoms with van der Waals surface area (Å²) < 4.78 is 53.7. The van der Waals surface area contributed by atoms with Gasteiger partial charge in [0.25, 0.3) is 5.91 Å². The molecule has 10 heteroatoms. The maximum atomic E-state index is 13.6. The van der Waals surface area contributed by atoms with Crippen LogP contribution in [-0.4, -0.2) is 29.3 Å². The Morgan fingerprint density at radius 2 is 1.73 bits per heavy atom. The highest BCUT2D eigenvalue weighted by atomic mass is 19.4. The lowest BCUT2D eigenvalue weighted by Crippen LogP contribution is -2.44. The molecule has 0 unspecified atom stereocenters. The number of imide groups is 1. The number of nitrogens with one attached hydrogen (secondary N) is 2. The molecule has 1 heterocycles. The fourth-order valence-electron chi connectivity index (χ4n) is 3.22. The van der Waals surface area contributed by atoms with Crippen molar-refractivity contribution >= 4 is 17.8 Å². The zero-order chi connectivity index (χ0) is 22.1. The predicted octanol–water partition coefficient (Wildman–Crippen LogP) is 2.93. The molecule has 4 amide bonds. The van der Waals surface area contributed by atoms with Crippen LogP contribution < -0.4 is 10.6 Å². The van der Waals surface area contributed by atoms with E-state index in [0.29, 0.717) is 4.90 Å². The lowest BCUT2D eigenvalue weighted by atomic mass is 9.87. The Balaban J connectivity index is 1.77. The maximum absolute atomic E-state index is 13.6. The van der Waals surface area contributed by atoms with E-state index < -0.39 is 53.0 Å². The molecule has 2 aromatic rings. The molecule has 1 fully saturated rings. The van der Waals surface area contributed by atoms with Crippen LogP contribution in [0.15, 0.2) is 48.5 Å². The number of alkyl halides is 3. The zero-order valence-corrected chi connectivity index (χ0v) is 15.7. The Morgan fingerprint density at radius 1 is 1.10 bits per heavy atom. The highest BCUT2D eigenvalue weighted by Gasteiger charge is 2.52. The fourth-order valence-corrected chi connectivity index (χ4v) is 3.22. The SMILES string of the molecule is C[C@]1(c2ccccc2C(F)(F)F)NC(=O)N(CC(=O)NCc2ccccc2F)C1=O. The second kappa shape index (κ2) is 7.77. The number of halogens is 4. The first kappa shape index (κ1) is 21.3. The molecule has 1 atom stereocenters. The molecule has 0 aliphatic carbocycles. The Hall–Kier alpha value is -3.43. The number of amides is 4. The summed E-state index contributed by atoms with van der Waals surface area (Å²) in [5.41, 5.74) is -3.28. The summed E-state index contributed by atoms with van der Waals surface area (Å²) >= 11 is 0. The fraction of sp³-hybridized carbons (Fsp3) is 0.250. The van der Waals surface area contributed by atoms with E-state index in [9.17, 15) is 31.9 Å². The topological polar surface area (TPSA) is 78.5 Å². The van der Waals surface area contributed by atoms with Crippen molar-refractivity contribution in [1.82, 2.24) is 15.5 Å². The van der Waals surface area contributed by atoms with Gasteiger partial charge >= 0.3 is 12.2 Å². The molecule has 0 aromatic heterocycles. The summed E-state index contributed by atoms with van der Waals surface area (Å²) in [7, 11) is 0. The first-order valence-corrected chi connectivity index (χ1v) is 8.85. The Labute approximate surface area is 168 Å². The van der Waals surface area contributed by atoms with Crippen molar-refractivity contribution in [2.24, 2.45) is 0 Å². The van der Waals surface area contributed by atoms with E-state index in [0.717, 1.165) is 19.1 Å². The number of benzene rings is 2. The van der Waals surface area contributed by atoms with Gasteiger partial charge in [0.2, 0.25) is 5.91 Å². The van der Waals surface area contributed by atoms with Crippen LogP contribution in [0, 0.1) is 5.82 Å². The third-order valence-electron chi connectivity index (χ3n) is 4.78. The predicted molar refractivity (Wildman–Crippen MR) is 97.3 cm³/mol. The second-order valence-corrected chi connectivity index (χ2v) is 6.86. The average Bonchev–Trinajstić information content (AvgIpc) is 2.91. The van der Waals surface area contributed by atoms with E-state index in [1.807, 2.05) is 0 Å². The molecular weight excluding hydrogens is 406 g/mol. The number of hydrogen-bond donors (Lipinski definition) is 2. The monoisotopic (exact) mass is 423 g/mol. The van der Waals surface area contributed by atoms with Crippen LogP contribution in [0.3, 0.4) is 0 Å².